The Morgan fingerprint density at radius 3 is 2.70 bits per heavy atom. The lowest BCUT2D eigenvalue weighted by Gasteiger charge is -2.08. The van der Waals surface area contributed by atoms with Crippen LogP contribution in [0.15, 0.2) is 36.7 Å². The van der Waals surface area contributed by atoms with Crippen LogP contribution < -0.4 is 10.1 Å². The Hall–Kier alpha value is -2.34. The van der Waals surface area contributed by atoms with E-state index in [9.17, 15) is 4.79 Å². The summed E-state index contributed by atoms with van der Waals surface area (Å²) in [6.45, 7) is 2.41. The second-order valence-electron chi connectivity index (χ2n) is 5.53. The molecule has 2 N–H and O–H groups in total. The van der Waals surface area contributed by atoms with Gasteiger partial charge in [-0.3, -0.25) is 9.48 Å². The summed E-state index contributed by atoms with van der Waals surface area (Å²) in [5.41, 5.74) is 2.15. The number of aliphatic hydroxyl groups is 1. The van der Waals surface area contributed by atoms with Crippen molar-refractivity contribution in [2.24, 2.45) is 7.05 Å². The van der Waals surface area contributed by atoms with Crippen LogP contribution in [0.1, 0.15) is 19.8 Å². The maximum atomic E-state index is 11.5. The highest BCUT2D eigenvalue weighted by molar-refractivity contribution is 5.75. The van der Waals surface area contributed by atoms with Crippen molar-refractivity contribution in [1.29, 1.82) is 0 Å². The Bertz CT molecular complexity index is 620. The maximum Gasteiger partial charge on any atom is 0.220 e. The van der Waals surface area contributed by atoms with Gasteiger partial charge < -0.3 is 15.2 Å². The number of ether oxygens (including phenoxy) is 1. The number of carbonyl (C=O) groups is 1. The standard InChI is InChI=1S/C17H23N3O3/c1-13(21)10-18-17(22)4-3-9-23-16-7-5-14(6-8-16)15-11-19-20(2)12-15/h5-8,11-13,21H,3-4,9-10H2,1-2H3,(H,18,22). The van der Waals surface area contributed by atoms with Gasteiger partial charge in [-0.1, -0.05) is 12.1 Å². The molecule has 0 aliphatic carbocycles. The Morgan fingerprint density at radius 1 is 1.35 bits per heavy atom. The van der Waals surface area contributed by atoms with Crippen molar-refractivity contribution in [2.75, 3.05) is 13.2 Å². The number of aliphatic hydroxyl groups excluding tert-OH is 1. The van der Waals surface area contributed by atoms with E-state index in [1.54, 1.807) is 11.6 Å². The highest BCUT2D eigenvalue weighted by Gasteiger charge is 2.04. The fraction of sp³-hybridized carbons (Fsp3) is 0.412. The lowest BCUT2D eigenvalue weighted by atomic mass is 10.1. The molecule has 0 fully saturated rings. The van der Waals surface area contributed by atoms with E-state index in [0.29, 0.717) is 19.4 Å². The number of carbonyl (C=O) groups excluding carboxylic acids is 1. The molecule has 2 aromatic rings. The quantitative estimate of drug-likeness (QED) is 0.727. The van der Waals surface area contributed by atoms with Crippen LogP contribution in [0, 0.1) is 0 Å². The molecule has 1 aromatic carbocycles. The molecule has 1 heterocycles. The summed E-state index contributed by atoms with van der Waals surface area (Å²) in [5, 5.41) is 15.9. The highest BCUT2D eigenvalue weighted by Crippen LogP contribution is 2.21. The molecule has 1 aromatic heterocycles. The van der Waals surface area contributed by atoms with Crippen LogP contribution in [-0.4, -0.2) is 40.0 Å². The molecular weight excluding hydrogens is 294 g/mol. The Labute approximate surface area is 136 Å². The second kappa shape index (κ2) is 8.33. The molecule has 0 bridgehead atoms. The van der Waals surface area contributed by atoms with E-state index in [4.69, 9.17) is 9.84 Å². The second-order valence-corrected chi connectivity index (χ2v) is 5.53. The van der Waals surface area contributed by atoms with Gasteiger partial charge in [0.2, 0.25) is 5.91 Å². The van der Waals surface area contributed by atoms with Crippen LogP contribution in [0.5, 0.6) is 5.75 Å². The first-order valence-electron chi connectivity index (χ1n) is 7.71. The number of aryl methyl sites for hydroxylation is 1. The third kappa shape index (κ3) is 5.75. The molecule has 2 rings (SSSR count). The summed E-state index contributed by atoms with van der Waals surface area (Å²) in [7, 11) is 1.89. The van der Waals surface area contributed by atoms with Crippen LogP contribution in [0.4, 0.5) is 0 Å². The predicted molar refractivity (Wildman–Crippen MR) is 88.1 cm³/mol. The molecule has 0 saturated heterocycles. The summed E-state index contributed by atoms with van der Waals surface area (Å²) in [4.78, 5) is 11.5. The van der Waals surface area contributed by atoms with Gasteiger partial charge in [-0.25, -0.2) is 0 Å². The van der Waals surface area contributed by atoms with Crippen molar-refractivity contribution in [1.82, 2.24) is 15.1 Å². The molecular formula is C17H23N3O3. The molecule has 0 aliphatic rings. The number of nitrogens with one attached hydrogen (secondary N) is 1. The number of rotatable bonds is 8. The van der Waals surface area contributed by atoms with Gasteiger partial charge in [0.25, 0.3) is 0 Å². The van der Waals surface area contributed by atoms with Gasteiger partial charge in [0.1, 0.15) is 5.75 Å². The SMILES string of the molecule is CC(O)CNC(=O)CCCOc1ccc(-c2cnn(C)c2)cc1. The van der Waals surface area contributed by atoms with Gasteiger partial charge in [-0.2, -0.15) is 5.10 Å². The topological polar surface area (TPSA) is 76.4 Å². The van der Waals surface area contributed by atoms with Gasteiger partial charge in [0.15, 0.2) is 0 Å². The molecule has 124 valence electrons. The number of benzene rings is 1. The molecule has 0 spiro atoms. The van der Waals surface area contributed by atoms with Crippen molar-refractivity contribution >= 4 is 5.91 Å². The van der Waals surface area contributed by atoms with E-state index < -0.39 is 6.10 Å². The van der Waals surface area contributed by atoms with Crippen LogP contribution in [0.3, 0.4) is 0 Å². The van der Waals surface area contributed by atoms with Gasteiger partial charge >= 0.3 is 0 Å². The predicted octanol–water partition coefficient (Wildman–Crippen LogP) is 1.74. The number of hydrogen-bond acceptors (Lipinski definition) is 4. The van der Waals surface area contributed by atoms with E-state index in [0.717, 1.165) is 16.9 Å². The minimum atomic E-state index is -0.520. The van der Waals surface area contributed by atoms with Gasteiger partial charge in [-0.05, 0) is 31.0 Å². The Kier molecular flexibility index (Phi) is 6.17. The summed E-state index contributed by atoms with van der Waals surface area (Å²) in [5.74, 6) is 0.712. The molecule has 1 atom stereocenters. The van der Waals surface area contributed by atoms with Crippen molar-refractivity contribution < 1.29 is 14.6 Å². The van der Waals surface area contributed by atoms with E-state index in [1.807, 2.05) is 43.7 Å². The first kappa shape index (κ1) is 17.0. The van der Waals surface area contributed by atoms with Crippen molar-refractivity contribution in [3.63, 3.8) is 0 Å². The fourth-order valence-corrected chi connectivity index (χ4v) is 2.09. The van der Waals surface area contributed by atoms with E-state index in [-0.39, 0.29) is 12.5 Å². The third-order valence-corrected chi connectivity index (χ3v) is 3.30. The van der Waals surface area contributed by atoms with Crippen LogP contribution in [-0.2, 0) is 11.8 Å². The van der Waals surface area contributed by atoms with Gasteiger partial charge in [0, 0.05) is 31.8 Å². The highest BCUT2D eigenvalue weighted by atomic mass is 16.5. The van der Waals surface area contributed by atoms with Gasteiger partial charge in [-0.15, -0.1) is 0 Å². The first-order chi connectivity index (χ1) is 11.0. The molecule has 0 saturated carbocycles. The largest absolute Gasteiger partial charge is 0.494 e. The molecule has 6 heteroatoms. The number of amides is 1. The van der Waals surface area contributed by atoms with Crippen molar-refractivity contribution in [2.45, 2.75) is 25.9 Å². The van der Waals surface area contributed by atoms with Crippen LogP contribution in [0.2, 0.25) is 0 Å². The smallest absolute Gasteiger partial charge is 0.220 e. The number of hydrogen-bond donors (Lipinski definition) is 2. The number of nitrogens with zero attached hydrogens (tertiary/aromatic N) is 2. The third-order valence-electron chi connectivity index (χ3n) is 3.30. The average molecular weight is 317 g/mol. The maximum absolute atomic E-state index is 11.5. The summed E-state index contributed by atoms with van der Waals surface area (Å²) in [6.07, 6.45) is 4.29. The Morgan fingerprint density at radius 2 is 2.09 bits per heavy atom. The van der Waals surface area contributed by atoms with Crippen molar-refractivity contribution in [3.05, 3.63) is 36.7 Å². The average Bonchev–Trinajstić information content (AvgIpc) is 2.96. The van der Waals surface area contributed by atoms with Crippen molar-refractivity contribution in [3.8, 4) is 16.9 Å². The van der Waals surface area contributed by atoms with Gasteiger partial charge in [0.05, 0.1) is 18.9 Å². The fourth-order valence-electron chi connectivity index (χ4n) is 2.09. The zero-order chi connectivity index (χ0) is 16.7. The lowest BCUT2D eigenvalue weighted by molar-refractivity contribution is -0.121. The van der Waals surface area contributed by atoms with Crippen LogP contribution >= 0.6 is 0 Å². The minimum Gasteiger partial charge on any atom is -0.494 e. The Balaban J connectivity index is 1.71. The van der Waals surface area contributed by atoms with Crippen LogP contribution in [0.25, 0.3) is 11.1 Å². The zero-order valence-corrected chi connectivity index (χ0v) is 13.5. The minimum absolute atomic E-state index is 0.0681. The number of aromatic nitrogens is 2. The molecule has 0 radical (unpaired) electrons. The lowest BCUT2D eigenvalue weighted by Crippen LogP contribution is -2.30. The summed E-state index contributed by atoms with van der Waals surface area (Å²) < 4.78 is 7.39. The van der Waals surface area contributed by atoms with E-state index >= 15 is 0 Å². The monoisotopic (exact) mass is 317 g/mol. The molecule has 23 heavy (non-hydrogen) atoms. The normalized spacial score (nSPS) is 12.0. The van der Waals surface area contributed by atoms with E-state index in [1.165, 1.54) is 0 Å². The molecule has 1 amide bonds. The first-order valence-corrected chi connectivity index (χ1v) is 7.71. The molecule has 1 unspecified atom stereocenters. The molecule has 0 aliphatic heterocycles. The van der Waals surface area contributed by atoms with E-state index in [2.05, 4.69) is 10.4 Å². The summed E-state index contributed by atoms with van der Waals surface area (Å²) in [6, 6.07) is 7.80. The molecule has 6 nitrogen and oxygen atoms in total. The summed E-state index contributed by atoms with van der Waals surface area (Å²) >= 11 is 0. The zero-order valence-electron chi connectivity index (χ0n) is 13.5.